The van der Waals surface area contributed by atoms with Crippen molar-refractivity contribution in [3.8, 4) is 5.75 Å². The van der Waals surface area contributed by atoms with Crippen LogP contribution in [0.4, 0.5) is 23.7 Å². The van der Waals surface area contributed by atoms with Crippen LogP contribution >= 0.6 is 0 Å². The molecule has 8 heteroatoms. The monoisotopic (exact) mass is 292 g/mol. The molecular weight excluding hydrogens is 277 g/mol. The molecule has 0 fully saturated rings. The number of alkyl halides is 3. The zero-order chi connectivity index (χ0) is 15.2. The number of amides is 2. The Morgan fingerprint density at radius 1 is 1.40 bits per heavy atom. The molecule has 0 aliphatic carbocycles. The average Bonchev–Trinajstić information content (AvgIpc) is 2.37. The van der Waals surface area contributed by atoms with Crippen LogP contribution < -0.4 is 10.1 Å². The quantitative estimate of drug-likeness (QED) is 0.873. The van der Waals surface area contributed by atoms with Gasteiger partial charge in [-0.2, -0.15) is 13.2 Å². The highest BCUT2D eigenvalue weighted by Crippen LogP contribution is 2.26. The number of carbonyl (C=O) groups excluding carboxylic acids is 1. The number of nitrogens with zero attached hydrogens (tertiary/aromatic N) is 1. The molecule has 5 nitrogen and oxygen atoms in total. The number of halogens is 3. The summed E-state index contributed by atoms with van der Waals surface area (Å²) < 4.78 is 41.0. The fraction of sp³-hybridized carbons (Fsp3) is 0.417. The summed E-state index contributed by atoms with van der Waals surface area (Å²) in [6, 6.07) is 5.26. The third-order valence-electron chi connectivity index (χ3n) is 2.30. The van der Waals surface area contributed by atoms with Crippen LogP contribution in [-0.4, -0.2) is 49.0 Å². The molecule has 0 saturated carbocycles. The molecule has 0 atom stereocenters. The minimum Gasteiger partial charge on any atom is -0.482 e. The standard InChI is InChI=1S/C12H15F3N2O3/c1-17(6-7-18)11(19)16-9-4-2-3-5-10(9)20-8-12(13,14)15/h2-5,18H,6-8H2,1H3,(H,16,19). The third-order valence-corrected chi connectivity index (χ3v) is 2.30. The number of ether oxygens (including phenoxy) is 1. The van der Waals surface area contributed by atoms with Gasteiger partial charge in [0.05, 0.1) is 12.3 Å². The first-order valence-corrected chi connectivity index (χ1v) is 5.75. The van der Waals surface area contributed by atoms with E-state index in [0.717, 1.165) is 0 Å². The number of urea groups is 1. The van der Waals surface area contributed by atoms with Gasteiger partial charge in [0.1, 0.15) is 5.75 Å². The Hall–Kier alpha value is -1.96. The van der Waals surface area contributed by atoms with E-state index in [1.54, 1.807) is 6.07 Å². The number of para-hydroxylation sites is 2. The van der Waals surface area contributed by atoms with Crippen molar-refractivity contribution in [3.63, 3.8) is 0 Å². The summed E-state index contributed by atoms with van der Waals surface area (Å²) in [5, 5.41) is 11.1. The molecule has 2 amide bonds. The van der Waals surface area contributed by atoms with Crippen molar-refractivity contribution < 1.29 is 27.8 Å². The minimum atomic E-state index is -4.45. The summed E-state index contributed by atoms with van der Waals surface area (Å²) >= 11 is 0. The number of aliphatic hydroxyl groups excluding tert-OH is 1. The highest BCUT2D eigenvalue weighted by atomic mass is 19.4. The topological polar surface area (TPSA) is 61.8 Å². The zero-order valence-corrected chi connectivity index (χ0v) is 10.8. The summed E-state index contributed by atoms with van der Waals surface area (Å²) in [5.41, 5.74) is 0.131. The Kier molecular flexibility index (Phi) is 5.63. The summed E-state index contributed by atoms with van der Waals surface area (Å²) in [5.74, 6) is -0.0735. The zero-order valence-electron chi connectivity index (χ0n) is 10.8. The lowest BCUT2D eigenvalue weighted by Gasteiger charge is -2.18. The maximum absolute atomic E-state index is 12.1. The maximum atomic E-state index is 12.1. The van der Waals surface area contributed by atoms with Crippen molar-refractivity contribution in [3.05, 3.63) is 24.3 Å². The van der Waals surface area contributed by atoms with E-state index in [1.165, 1.54) is 30.1 Å². The lowest BCUT2D eigenvalue weighted by atomic mass is 10.3. The van der Waals surface area contributed by atoms with E-state index in [-0.39, 0.29) is 24.6 Å². The fourth-order valence-corrected chi connectivity index (χ4v) is 1.32. The van der Waals surface area contributed by atoms with Gasteiger partial charge in [-0.25, -0.2) is 4.79 Å². The predicted molar refractivity (Wildman–Crippen MR) is 66.7 cm³/mol. The van der Waals surface area contributed by atoms with Gasteiger partial charge in [-0.3, -0.25) is 0 Å². The number of anilines is 1. The normalized spacial score (nSPS) is 11.1. The first-order valence-electron chi connectivity index (χ1n) is 5.75. The summed E-state index contributed by atoms with van der Waals surface area (Å²) in [7, 11) is 1.45. The molecular formula is C12H15F3N2O3. The van der Waals surface area contributed by atoms with Gasteiger partial charge in [0.2, 0.25) is 0 Å². The molecule has 2 N–H and O–H groups in total. The van der Waals surface area contributed by atoms with E-state index < -0.39 is 18.8 Å². The molecule has 0 heterocycles. The van der Waals surface area contributed by atoms with Crippen LogP contribution in [0.2, 0.25) is 0 Å². The van der Waals surface area contributed by atoms with Crippen molar-refractivity contribution >= 4 is 11.7 Å². The van der Waals surface area contributed by atoms with Crippen LogP contribution in [0.15, 0.2) is 24.3 Å². The van der Waals surface area contributed by atoms with Gasteiger partial charge in [-0.05, 0) is 12.1 Å². The van der Waals surface area contributed by atoms with E-state index in [0.29, 0.717) is 0 Å². The van der Waals surface area contributed by atoms with Crippen molar-refractivity contribution in [2.24, 2.45) is 0 Å². The van der Waals surface area contributed by atoms with Gasteiger partial charge < -0.3 is 20.1 Å². The number of rotatable bonds is 5. The van der Waals surface area contributed by atoms with Crippen LogP contribution in [-0.2, 0) is 0 Å². The molecule has 0 aliphatic heterocycles. The molecule has 0 unspecified atom stereocenters. The van der Waals surface area contributed by atoms with Crippen LogP contribution in [0.3, 0.4) is 0 Å². The van der Waals surface area contributed by atoms with Crippen molar-refractivity contribution in [1.29, 1.82) is 0 Å². The first kappa shape index (κ1) is 16.1. The Bertz CT molecular complexity index is 452. The van der Waals surface area contributed by atoms with Gasteiger partial charge >= 0.3 is 12.2 Å². The lowest BCUT2D eigenvalue weighted by Crippen LogP contribution is -2.33. The molecule has 0 bridgehead atoms. The second-order valence-corrected chi connectivity index (χ2v) is 3.98. The minimum absolute atomic E-state index is 0.0735. The van der Waals surface area contributed by atoms with Gasteiger partial charge in [-0.1, -0.05) is 12.1 Å². The number of aliphatic hydroxyl groups is 1. The Morgan fingerprint density at radius 2 is 2.05 bits per heavy atom. The average molecular weight is 292 g/mol. The molecule has 1 aromatic carbocycles. The number of hydrogen-bond acceptors (Lipinski definition) is 3. The van der Waals surface area contributed by atoms with Crippen LogP contribution in [0, 0.1) is 0 Å². The summed E-state index contributed by atoms with van der Waals surface area (Å²) in [6.07, 6.45) is -4.45. The second-order valence-electron chi connectivity index (χ2n) is 3.98. The van der Waals surface area contributed by atoms with Crippen molar-refractivity contribution in [2.75, 3.05) is 32.1 Å². The summed E-state index contributed by atoms with van der Waals surface area (Å²) in [4.78, 5) is 12.9. The van der Waals surface area contributed by atoms with E-state index >= 15 is 0 Å². The molecule has 0 aliphatic rings. The lowest BCUT2D eigenvalue weighted by molar-refractivity contribution is -0.153. The Labute approximate surface area is 113 Å². The highest BCUT2D eigenvalue weighted by molar-refractivity contribution is 5.90. The third kappa shape index (κ3) is 5.35. The molecule has 1 aromatic rings. The molecule has 1 rings (SSSR count). The van der Waals surface area contributed by atoms with Crippen LogP contribution in [0.25, 0.3) is 0 Å². The number of nitrogens with one attached hydrogen (secondary N) is 1. The van der Waals surface area contributed by atoms with Gasteiger partial charge in [-0.15, -0.1) is 0 Å². The number of carbonyl (C=O) groups is 1. The molecule has 0 aromatic heterocycles. The highest BCUT2D eigenvalue weighted by Gasteiger charge is 2.28. The van der Waals surface area contributed by atoms with E-state index in [2.05, 4.69) is 10.1 Å². The molecule has 0 saturated heterocycles. The Morgan fingerprint density at radius 3 is 2.65 bits per heavy atom. The maximum Gasteiger partial charge on any atom is 0.422 e. The van der Waals surface area contributed by atoms with Crippen molar-refractivity contribution in [1.82, 2.24) is 4.90 Å². The second kappa shape index (κ2) is 6.99. The Balaban J connectivity index is 2.72. The molecule has 112 valence electrons. The fourth-order valence-electron chi connectivity index (χ4n) is 1.32. The first-order chi connectivity index (χ1) is 9.33. The van der Waals surface area contributed by atoms with Crippen molar-refractivity contribution in [2.45, 2.75) is 6.18 Å². The summed E-state index contributed by atoms with van der Waals surface area (Å²) in [6.45, 7) is -1.54. The van der Waals surface area contributed by atoms with Gasteiger partial charge in [0.25, 0.3) is 0 Å². The smallest absolute Gasteiger partial charge is 0.422 e. The number of likely N-dealkylation sites (N-methyl/N-ethyl adjacent to an activating group) is 1. The van der Waals surface area contributed by atoms with Crippen LogP contribution in [0.5, 0.6) is 5.75 Å². The largest absolute Gasteiger partial charge is 0.482 e. The number of benzene rings is 1. The SMILES string of the molecule is CN(CCO)C(=O)Nc1ccccc1OCC(F)(F)F. The predicted octanol–water partition coefficient (Wildman–Crippen LogP) is 2.08. The van der Waals surface area contributed by atoms with E-state index in [4.69, 9.17) is 5.11 Å². The molecule has 0 spiro atoms. The number of hydrogen-bond donors (Lipinski definition) is 2. The van der Waals surface area contributed by atoms with Gasteiger partial charge in [0, 0.05) is 13.6 Å². The van der Waals surface area contributed by atoms with Crippen LogP contribution in [0.1, 0.15) is 0 Å². The molecule has 20 heavy (non-hydrogen) atoms. The molecule has 0 radical (unpaired) electrons. The van der Waals surface area contributed by atoms with Gasteiger partial charge in [0.15, 0.2) is 6.61 Å². The van der Waals surface area contributed by atoms with E-state index in [1.807, 2.05) is 0 Å². The van der Waals surface area contributed by atoms with E-state index in [9.17, 15) is 18.0 Å².